The van der Waals surface area contributed by atoms with Gasteiger partial charge in [-0.05, 0) is 74.7 Å². The minimum Gasteiger partial charge on any atom is 0 e. The van der Waals surface area contributed by atoms with Crippen LogP contribution in [0.3, 0.4) is 0 Å². The molecular weight excluding hydrogens is 1370 g/mol. The molecule has 4 heterocycles. The molecule has 2 aliphatic heterocycles. The number of benzene rings is 1. The number of ether oxygens (including phenoxy) is 7. The van der Waals surface area contributed by atoms with E-state index < -0.39 is 28.4 Å². The maximum atomic E-state index is 9.86. The number of aliphatic hydroxyl groups is 2. The summed E-state index contributed by atoms with van der Waals surface area (Å²) in [7, 11) is 11.4. The van der Waals surface area contributed by atoms with Crippen molar-refractivity contribution in [1.82, 2.24) is 24.9 Å². The van der Waals surface area contributed by atoms with Crippen LogP contribution in [0, 0.1) is 39.9 Å². The van der Waals surface area contributed by atoms with Gasteiger partial charge < -0.3 is 69.6 Å². The number of carboxylic acid groups (broad SMARTS) is 2. The van der Waals surface area contributed by atoms with E-state index in [0.717, 1.165) is 71.4 Å². The molecule has 0 atom stereocenters. The third kappa shape index (κ3) is 27.8. The normalized spacial score (nSPS) is 11.6. The van der Waals surface area contributed by atoms with Crippen molar-refractivity contribution in [1.29, 1.82) is 0 Å². The van der Waals surface area contributed by atoms with Gasteiger partial charge in [0.15, 0.2) is 11.5 Å². The van der Waals surface area contributed by atoms with Gasteiger partial charge in [-0.3, -0.25) is 19.6 Å². The molecule has 434 valence electrons. The molecule has 0 unspecified atom stereocenters. The average Bonchev–Trinajstić information content (AvgIpc) is 3.99. The molecule has 0 aliphatic carbocycles. The summed E-state index contributed by atoms with van der Waals surface area (Å²) < 4.78 is 40.4. The van der Waals surface area contributed by atoms with E-state index >= 15 is 0 Å². The molecule has 0 spiro atoms. The molecule has 1 aromatic carbocycles. The van der Waals surface area contributed by atoms with Crippen LogP contribution in [0.4, 0.5) is 0 Å². The van der Waals surface area contributed by atoms with Crippen LogP contribution in [0.25, 0.3) is 55.4 Å². The van der Waals surface area contributed by atoms with Crippen LogP contribution in [0.1, 0.15) is 101 Å². The van der Waals surface area contributed by atoms with Gasteiger partial charge in [0.25, 0.3) is 11.9 Å². The number of hydrogen-bond donors (Lipinski definition) is 4. The zero-order valence-corrected chi connectivity index (χ0v) is 51.1. The molecule has 24 heteroatoms. The molecule has 0 amide bonds. The molecule has 2 aromatic heterocycles. The second-order valence-corrected chi connectivity index (χ2v) is 19.7. The standard InChI is InChI=1S/C49H68N7O9.2C2H4O2.2ClH.Gd.Pt/c1-6-36-37(7-2)41-29-43-39(11-9-16-58)35(4)47(56-43)33-53-45-31-49(65-27-25-63-23-22-61-19-18-59-5)48(64-26-24-62-21-20-60-17-14-51-13-12-50)30-44(45)52-32-46-34(3)38(10-8-15-57)42(55-46)28-40(36)54-41;2*1-2(3)4;;;;/h28-33,50,57-58H,6-27H2,1-5H3;2*1H3,(H,3,4);2*1H;;/q-3;;;;;;+4/p-2. The number of fused-ring (bicyclic) bond motifs is 7. The molecule has 0 saturated carbocycles. The first-order valence-corrected chi connectivity index (χ1v) is 30.6. The first-order valence-electron chi connectivity index (χ1n) is 25.0. The summed E-state index contributed by atoms with van der Waals surface area (Å²) in [5.74, 6) is -0.762. The average molecular weight is 1440 g/mol. The van der Waals surface area contributed by atoms with Crippen molar-refractivity contribution in [2.75, 3.05) is 113 Å². The van der Waals surface area contributed by atoms with Crippen LogP contribution >= 0.6 is 18.8 Å². The Bertz CT molecular complexity index is 2470. The molecule has 6 bridgehead atoms. The van der Waals surface area contributed by atoms with E-state index in [4.69, 9.17) is 102 Å². The van der Waals surface area contributed by atoms with Crippen molar-refractivity contribution in [2.45, 2.75) is 80.1 Å². The summed E-state index contributed by atoms with van der Waals surface area (Å²) >= 11 is -0.472. The van der Waals surface area contributed by atoms with E-state index in [2.05, 4.69) is 31.3 Å². The predicted molar refractivity (Wildman–Crippen MR) is 293 cm³/mol. The van der Waals surface area contributed by atoms with Crippen molar-refractivity contribution in [3.63, 3.8) is 0 Å². The summed E-state index contributed by atoms with van der Waals surface area (Å²) in [6.07, 6.45) is 7.58. The Morgan fingerprint density at radius 3 is 1.38 bits per heavy atom. The Labute approximate surface area is 501 Å². The number of rotatable bonds is 30. The number of hydrogen-bond acceptors (Lipinski definition) is 15. The van der Waals surface area contributed by atoms with E-state index in [1.54, 1.807) is 19.5 Å². The fourth-order valence-electron chi connectivity index (χ4n) is 7.51. The number of carboxylic acids is 2. The minimum absolute atomic E-state index is 0. The van der Waals surface area contributed by atoms with Crippen molar-refractivity contribution >= 4 is 75.1 Å². The molecule has 77 heavy (non-hydrogen) atoms. The van der Waals surface area contributed by atoms with E-state index in [1.165, 1.54) is 11.1 Å². The molecule has 20 nitrogen and oxygen atoms in total. The summed E-state index contributed by atoms with van der Waals surface area (Å²) in [5, 5.41) is 38.8. The Morgan fingerprint density at radius 2 is 1.01 bits per heavy atom. The number of nitrogens with one attached hydrogen (secondary N) is 1. The summed E-state index contributed by atoms with van der Waals surface area (Å²) in [6.45, 7) is 16.3. The van der Waals surface area contributed by atoms with E-state index in [0.29, 0.717) is 132 Å². The van der Waals surface area contributed by atoms with Gasteiger partial charge in [0, 0.05) is 92.9 Å². The van der Waals surface area contributed by atoms with Gasteiger partial charge in [0.2, 0.25) is 0 Å². The summed E-state index contributed by atoms with van der Waals surface area (Å²) in [5.41, 5.74) is 19.4. The first kappa shape index (κ1) is 71.9. The van der Waals surface area contributed by atoms with Crippen molar-refractivity contribution in [3.8, 4) is 11.5 Å². The Morgan fingerprint density at radius 1 is 0.636 bits per heavy atom. The van der Waals surface area contributed by atoms with Gasteiger partial charge in [0.1, 0.15) is 13.2 Å². The second-order valence-electron chi connectivity index (χ2n) is 16.4. The first-order chi connectivity index (χ1) is 36.7. The van der Waals surface area contributed by atoms with Gasteiger partial charge in [-0.25, -0.2) is 9.97 Å². The van der Waals surface area contributed by atoms with Gasteiger partial charge in [0.05, 0.1) is 99.1 Å². The molecule has 0 fully saturated rings. The molecule has 0 saturated heterocycles. The topological polar surface area (TPSA) is 283 Å². The predicted octanol–water partition coefficient (Wildman–Crippen LogP) is 8.95. The number of aliphatic carboxylic acids is 2. The number of aromatic nitrogens is 5. The molecular formula is C53H76Cl2GdN7O13Pt-. The molecule has 0 radical (unpaired) electrons. The Kier molecular flexibility index (Phi) is 40.8. The Hall–Kier alpha value is -3.09. The van der Waals surface area contributed by atoms with Crippen LogP contribution in [0.5, 0.6) is 11.5 Å². The van der Waals surface area contributed by atoms with Gasteiger partial charge >= 0.3 is 35.3 Å². The number of nitrogens with zero attached hydrogens (tertiary/aromatic N) is 6. The number of halogens is 2. The SMILES string of the molecule is CC(=O)O.CC(=O)O.CCc1c(CC)c2cc3nc(cnc4cc(OCCOCCOCCOC)c(OCCOCCOCC[N-]CC[NH-])cc4ncc4nc(cc1[n-]2)C(CCCO)=C4C)C(C)=C3CCCO.[Cl][Pt+2][Cl].[Gd]. The van der Waals surface area contributed by atoms with E-state index in [-0.39, 0.29) is 72.9 Å². The number of methoxy groups -OCH3 is 1. The second kappa shape index (κ2) is 43.7. The summed E-state index contributed by atoms with van der Waals surface area (Å²) in [6, 6.07) is 7.76. The van der Waals surface area contributed by atoms with Crippen LogP contribution in [-0.4, -0.2) is 165 Å². The molecule has 3 aromatic rings. The van der Waals surface area contributed by atoms with E-state index in [9.17, 15) is 10.2 Å². The Balaban J connectivity index is 0.00000226. The molecule has 5 rings (SSSR count). The smallest absolute Gasteiger partial charge is 0 e. The van der Waals surface area contributed by atoms with E-state index in [1.807, 2.05) is 26.0 Å². The van der Waals surface area contributed by atoms with Crippen molar-refractivity contribution < 1.29 is 120 Å². The largest absolute Gasteiger partial charge is 0 e. The maximum absolute atomic E-state index is 9.86. The van der Waals surface area contributed by atoms with Gasteiger partial charge in [-0.2, -0.15) is 13.1 Å². The van der Waals surface area contributed by atoms with Gasteiger partial charge in [-0.1, -0.05) is 37.1 Å². The van der Waals surface area contributed by atoms with Crippen LogP contribution in [0.15, 0.2) is 36.7 Å². The van der Waals surface area contributed by atoms with Crippen LogP contribution < -0.4 is 14.5 Å². The fraction of sp³-hybridized carbons (Fsp3) is 0.547. The minimum atomic E-state index is -0.833. The van der Waals surface area contributed by atoms with Crippen molar-refractivity contribution in [2.24, 2.45) is 0 Å². The number of allylic oxidation sites excluding steroid dienone is 4. The van der Waals surface area contributed by atoms with Crippen molar-refractivity contribution in [3.05, 3.63) is 81.6 Å². The zero-order valence-electron chi connectivity index (χ0n) is 45.1. The number of aryl methyl sites for hydroxylation is 2. The summed E-state index contributed by atoms with van der Waals surface area (Å²) in [4.78, 5) is 43.5. The fourth-order valence-corrected chi connectivity index (χ4v) is 7.51. The monoisotopic (exact) mass is 1440 g/mol. The van der Waals surface area contributed by atoms with Crippen LogP contribution in [0.2, 0.25) is 0 Å². The number of aliphatic hydroxyl groups excluding tert-OH is 2. The third-order valence-electron chi connectivity index (χ3n) is 10.9. The number of carbonyl (C=O) groups is 2. The van der Waals surface area contributed by atoms with Gasteiger partial charge in [-0.15, -0.1) is 17.6 Å². The molecule has 5 N–H and O–H groups in total. The zero-order chi connectivity index (χ0) is 56.1. The quantitative estimate of drug-likeness (QED) is 0.0453. The maximum Gasteiger partial charge on any atom is 0 e. The third-order valence-corrected chi connectivity index (χ3v) is 10.9. The van der Waals surface area contributed by atoms with Crippen LogP contribution in [-0.2, 0) is 62.6 Å². The molecule has 2 aliphatic rings.